The fourth-order valence-electron chi connectivity index (χ4n) is 4.43. The van der Waals surface area contributed by atoms with Gasteiger partial charge in [-0.25, -0.2) is 0 Å². The molecular formula is C26H30ClN3O4. The number of aromatic amines is 1. The van der Waals surface area contributed by atoms with Crippen LogP contribution < -0.4 is 9.47 Å². The smallest absolute Gasteiger partial charge is 0.273 e. The minimum atomic E-state index is -0.391. The second-order valence-electron chi connectivity index (χ2n) is 8.39. The van der Waals surface area contributed by atoms with E-state index in [1.165, 1.54) is 6.07 Å². The highest BCUT2D eigenvalue weighted by Gasteiger charge is 2.42. The molecule has 2 aromatic carbocycles. The third kappa shape index (κ3) is 4.44. The monoisotopic (exact) mass is 483 g/mol. The Morgan fingerprint density at radius 1 is 1.12 bits per heavy atom. The van der Waals surface area contributed by atoms with Crippen molar-refractivity contribution in [2.45, 2.75) is 45.6 Å². The van der Waals surface area contributed by atoms with Crippen molar-refractivity contribution in [2.75, 3.05) is 20.3 Å². The quantitative estimate of drug-likeness (QED) is 0.347. The maximum Gasteiger partial charge on any atom is 0.273 e. The molecule has 1 unspecified atom stereocenters. The number of amides is 1. The maximum atomic E-state index is 13.3. The number of aromatic nitrogens is 2. The van der Waals surface area contributed by atoms with Crippen molar-refractivity contribution in [2.24, 2.45) is 0 Å². The highest BCUT2D eigenvalue weighted by atomic mass is 35.5. The molecule has 1 aliphatic rings. The van der Waals surface area contributed by atoms with Crippen molar-refractivity contribution in [1.29, 1.82) is 0 Å². The van der Waals surface area contributed by atoms with Gasteiger partial charge in [-0.1, -0.05) is 44.4 Å². The van der Waals surface area contributed by atoms with Gasteiger partial charge in [0.25, 0.3) is 5.91 Å². The predicted octanol–water partition coefficient (Wildman–Crippen LogP) is 5.97. The molecule has 0 saturated heterocycles. The van der Waals surface area contributed by atoms with Crippen LogP contribution in [0.15, 0.2) is 36.4 Å². The highest BCUT2D eigenvalue weighted by molar-refractivity contribution is 6.31. The molecule has 1 amide bonds. The first-order valence-electron chi connectivity index (χ1n) is 11.7. The number of hydrogen-bond acceptors (Lipinski definition) is 5. The Morgan fingerprint density at radius 2 is 1.94 bits per heavy atom. The predicted molar refractivity (Wildman–Crippen MR) is 132 cm³/mol. The van der Waals surface area contributed by atoms with E-state index in [9.17, 15) is 9.90 Å². The van der Waals surface area contributed by atoms with Crippen LogP contribution >= 0.6 is 11.6 Å². The molecule has 0 fully saturated rings. The third-order valence-electron chi connectivity index (χ3n) is 6.05. The van der Waals surface area contributed by atoms with E-state index in [2.05, 4.69) is 17.1 Å². The van der Waals surface area contributed by atoms with Crippen molar-refractivity contribution in [3.05, 3.63) is 58.2 Å². The van der Waals surface area contributed by atoms with E-state index in [0.29, 0.717) is 46.6 Å². The zero-order valence-electron chi connectivity index (χ0n) is 19.7. The number of fused-ring (bicyclic) bond motifs is 1. The molecule has 0 saturated carbocycles. The van der Waals surface area contributed by atoms with E-state index < -0.39 is 6.04 Å². The summed E-state index contributed by atoms with van der Waals surface area (Å²) >= 11 is 6.21. The van der Waals surface area contributed by atoms with Crippen LogP contribution in [0.4, 0.5) is 0 Å². The molecule has 180 valence electrons. The lowest BCUT2D eigenvalue weighted by molar-refractivity contribution is 0.0743. The van der Waals surface area contributed by atoms with Crippen LogP contribution in [-0.4, -0.2) is 46.4 Å². The summed E-state index contributed by atoms with van der Waals surface area (Å²) in [6.45, 7) is 5.39. The van der Waals surface area contributed by atoms with Gasteiger partial charge in [0, 0.05) is 22.7 Å². The SMILES string of the molecule is CCCCCOc1ccc(C2c3c(-c4cc(Cl)ccc4O)n[nH]c3C(=O)N2CCC)cc1OC. The lowest BCUT2D eigenvalue weighted by Gasteiger charge is -2.26. The van der Waals surface area contributed by atoms with Gasteiger partial charge in [0.15, 0.2) is 11.5 Å². The molecule has 0 bridgehead atoms. The number of hydrogen-bond donors (Lipinski definition) is 2. The van der Waals surface area contributed by atoms with Crippen LogP contribution in [0.3, 0.4) is 0 Å². The molecule has 1 atom stereocenters. The normalized spacial score (nSPS) is 15.0. The highest BCUT2D eigenvalue weighted by Crippen LogP contribution is 2.46. The Bertz CT molecular complexity index is 1180. The number of H-pyrrole nitrogens is 1. The number of rotatable bonds is 10. The van der Waals surface area contributed by atoms with E-state index in [4.69, 9.17) is 21.1 Å². The summed E-state index contributed by atoms with van der Waals surface area (Å²) < 4.78 is 11.6. The molecule has 3 aromatic rings. The third-order valence-corrected chi connectivity index (χ3v) is 6.29. The van der Waals surface area contributed by atoms with Crippen LogP contribution in [0.2, 0.25) is 5.02 Å². The minimum Gasteiger partial charge on any atom is -0.507 e. The molecule has 2 N–H and O–H groups in total. The molecule has 1 aliphatic heterocycles. The Kier molecular flexibility index (Phi) is 7.32. The number of ether oxygens (including phenoxy) is 2. The molecule has 2 heterocycles. The molecule has 4 rings (SSSR count). The number of phenolic OH excluding ortho intramolecular Hbond substituents is 1. The second kappa shape index (κ2) is 10.4. The van der Waals surface area contributed by atoms with Crippen molar-refractivity contribution in [1.82, 2.24) is 15.1 Å². The summed E-state index contributed by atoms with van der Waals surface area (Å²) in [5.41, 5.74) is 3.00. The van der Waals surface area contributed by atoms with Gasteiger partial charge >= 0.3 is 0 Å². The van der Waals surface area contributed by atoms with Gasteiger partial charge in [0.05, 0.1) is 19.8 Å². The standard InChI is InChI=1S/C26H30ClN3O4/c1-4-6-7-13-34-20-11-8-16(14-21(20)33-3)25-22-23(18-15-17(27)9-10-19(18)31)28-29-24(22)26(32)30(25)12-5-2/h8-11,14-15,25,31H,4-7,12-13H2,1-3H3,(H,28,29). The van der Waals surface area contributed by atoms with Gasteiger partial charge in [-0.3, -0.25) is 9.89 Å². The number of aromatic hydroxyl groups is 1. The van der Waals surface area contributed by atoms with Gasteiger partial charge < -0.3 is 19.5 Å². The molecule has 34 heavy (non-hydrogen) atoms. The first-order valence-corrected chi connectivity index (χ1v) is 12.1. The summed E-state index contributed by atoms with van der Waals surface area (Å²) in [7, 11) is 1.61. The number of nitrogens with zero attached hydrogens (tertiary/aromatic N) is 2. The summed E-state index contributed by atoms with van der Waals surface area (Å²) in [6, 6.07) is 10.2. The average Bonchev–Trinajstić information content (AvgIpc) is 3.38. The number of carbonyl (C=O) groups is 1. The number of halogens is 1. The number of nitrogens with one attached hydrogen (secondary N) is 1. The first kappa shape index (κ1) is 24.0. The van der Waals surface area contributed by atoms with Gasteiger partial charge in [0.1, 0.15) is 17.1 Å². The van der Waals surface area contributed by atoms with Crippen molar-refractivity contribution < 1.29 is 19.4 Å². The lowest BCUT2D eigenvalue weighted by Crippen LogP contribution is -2.30. The number of carbonyl (C=O) groups excluding carboxylic acids is 1. The number of unbranched alkanes of at least 4 members (excludes halogenated alkanes) is 2. The maximum absolute atomic E-state index is 13.3. The van der Waals surface area contributed by atoms with Crippen molar-refractivity contribution >= 4 is 17.5 Å². The minimum absolute atomic E-state index is 0.0484. The van der Waals surface area contributed by atoms with Gasteiger partial charge in [-0.15, -0.1) is 0 Å². The van der Waals surface area contributed by atoms with Gasteiger partial charge in [-0.2, -0.15) is 5.10 Å². The molecule has 0 radical (unpaired) electrons. The fourth-order valence-corrected chi connectivity index (χ4v) is 4.60. The fraction of sp³-hybridized carbons (Fsp3) is 0.385. The van der Waals surface area contributed by atoms with Gasteiger partial charge in [-0.05, 0) is 48.7 Å². The van der Waals surface area contributed by atoms with Crippen molar-refractivity contribution in [3.63, 3.8) is 0 Å². The van der Waals surface area contributed by atoms with Crippen LogP contribution in [-0.2, 0) is 0 Å². The largest absolute Gasteiger partial charge is 0.507 e. The number of phenols is 1. The average molecular weight is 484 g/mol. The van der Waals surface area contributed by atoms with Crippen molar-refractivity contribution in [3.8, 4) is 28.5 Å². The summed E-state index contributed by atoms with van der Waals surface area (Å²) in [4.78, 5) is 15.1. The summed E-state index contributed by atoms with van der Waals surface area (Å²) in [6.07, 6.45) is 4.01. The molecular weight excluding hydrogens is 454 g/mol. The van der Waals surface area contributed by atoms with Crippen LogP contribution in [0, 0.1) is 0 Å². The number of methoxy groups -OCH3 is 1. The topological polar surface area (TPSA) is 87.7 Å². The Labute approximate surface area is 204 Å². The Balaban J connectivity index is 1.78. The molecule has 0 aliphatic carbocycles. The first-order chi connectivity index (χ1) is 16.5. The zero-order valence-corrected chi connectivity index (χ0v) is 20.5. The lowest BCUT2D eigenvalue weighted by atomic mass is 9.95. The van der Waals surface area contributed by atoms with Crippen LogP contribution in [0.1, 0.15) is 67.2 Å². The summed E-state index contributed by atoms with van der Waals surface area (Å²) in [5, 5.41) is 18.3. The molecule has 8 heteroatoms. The number of benzene rings is 2. The van der Waals surface area contributed by atoms with E-state index in [0.717, 1.165) is 36.8 Å². The van der Waals surface area contributed by atoms with Crippen LogP contribution in [0.25, 0.3) is 11.3 Å². The molecule has 0 spiro atoms. The van der Waals surface area contributed by atoms with E-state index in [1.54, 1.807) is 19.2 Å². The zero-order chi connectivity index (χ0) is 24.2. The van der Waals surface area contributed by atoms with E-state index in [1.807, 2.05) is 30.0 Å². The van der Waals surface area contributed by atoms with Crippen LogP contribution in [0.5, 0.6) is 17.2 Å². The molecule has 1 aromatic heterocycles. The molecule has 7 nitrogen and oxygen atoms in total. The Hall–Kier alpha value is -3.19. The summed E-state index contributed by atoms with van der Waals surface area (Å²) in [5.74, 6) is 1.21. The Morgan fingerprint density at radius 3 is 2.68 bits per heavy atom. The second-order valence-corrected chi connectivity index (χ2v) is 8.83. The van der Waals surface area contributed by atoms with Gasteiger partial charge in [0.2, 0.25) is 0 Å². The van der Waals surface area contributed by atoms with E-state index >= 15 is 0 Å². The van der Waals surface area contributed by atoms with E-state index in [-0.39, 0.29) is 11.7 Å².